The van der Waals surface area contributed by atoms with E-state index in [9.17, 15) is 14.7 Å². The van der Waals surface area contributed by atoms with Gasteiger partial charge in [0.1, 0.15) is 17.2 Å². The maximum Gasteiger partial charge on any atom is 0.303 e. The second-order valence-electron chi connectivity index (χ2n) is 11.3. The average Bonchev–Trinajstić information content (AvgIpc) is 3.72. The molecule has 43 heavy (non-hydrogen) atoms. The molecule has 2 N–H and O–H groups in total. The lowest BCUT2D eigenvalue weighted by atomic mass is 9.97. The molecule has 1 fully saturated rings. The van der Waals surface area contributed by atoms with Crippen LogP contribution in [0.1, 0.15) is 81.8 Å². The van der Waals surface area contributed by atoms with Crippen LogP contribution in [-0.4, -0.2) is 42.0 Å². The van der Waals surface area contributed by atoms with E-state index in [-0.39, 0.29) is 12.8 Å². The Balaban J connectivity index is 1.24. The first-order valence-electron chi connectivity index (χ1n) is 15.6. The number of ether oxygens (including phenoxy) is 3. The average molecular weight is 609 g/mol. The molecular weight excluding hydrogens is 564 g/mol. The molecule has 0 amide bonds. The van der Waals surface area contributed by atoms with Crippen molar-refractivity contribution in [3.8, 4) is 28.4 Å². The zero-order valence-electron chi connectivity index (χ0n) is 24.9. The summed E-state index contributed by atoms with van der Waals surface area (Å²) in [5, 5.41) is 22.3. The first-order valence-corrected chi connectivity index (χ1v) is 16.5. The SMILES string of the molecule is O=C(O)CCCOc1cccc(CCCCCCOc2cc(OCC3CCCC3)cc(-c3ccsc3)c2)c1CCC(=O)O. The van der Waals surface area contributed by atoms with Crippen LogP contribution in [0.2, 0.25) is 0 Å². The van der Waals surface area contributed by atoms with Crippen molar-refractivity contribution in [2.45, 2.75) is 83.5 Å². The second kappa shape index (κ2) is 17.6. The molecule has 1 heterocycles. The summed E-state index contributed by atoms with van der Waals surface area (Å²) in [6.07, 6.45) is 10.8. The molecule has 232 valence electrons. The number of hydrogen-bond acceptors (Lipinski definition) is 6. The summed E-state index contributed by atoms with van der Waals surface area (Å²) in [4.78, 5) is 22.1. The number of unbranched alkanes of at least 4 members (excludes halogenated alkanes) is 3. The van der Waals surface area contributed by atoms with Crippen LogP contribution in [0.25, 0.3) is 11.1 Å². The summed E-state index contributed by atoms with van der Waals surface area (Å²) in [6, 6.07) is 14.2. The third-order valence-corrected chi connectivity index (χ3v) is 8.60. The Kier molecular flexibility index (Phi) is 13.2. The number of benzene rings is 2. The number of thiophene rings is 1. The maximum absolute atomic E-state index is 11.3. The van der Waals surface area contributed by atoms with Crippen molar-refractivity contribution >= 4 is 23.3 Å². The largest absolute Gasteiger partial charge is 0.493 e. The molecule has 0 saturated heterocycles. The maximum atomic E-state index is 11.3. The van der Waals surface area contributed by atoms with Crippen molar-refractivity contribution in [2.75, 3.05) is 19.8 Å². The Morgan fingerprint density at radius 1 is 0.767 bits per heavy atom. The minimum atomic E-state index is -0.853. The van der Waals surface area contributed by atoms with Gasteiger partial charge < -0.3 is 24.4 Å². The van der Waals surface area contributed by atoms with Crippen LogP contribution < -0.4 is 14.2 Å². The monoisotopic (exact) mass is 608 g/mol. The third kappa shape index (κ3) is 11.2. The van der Waals surface area contributed by atoms with E-state index in [0.717, 1.165) is 66.9 Å². The van der Waals surface area contributed by atoms with Gasteiger partial charge in [-0.2, -0.15) is 11.3 Å². The number of carbonyl (C=O) groups is 2. The molecule has 0 spiro atoms. The van der Waals surface area contributed by atoms with Crippen molar-refractivity contribution < 1.29 is 34.0 Å². The van der Waals surface area contributed by atoms with Gasteiger partial charge in [-0.15, -0.1) is 0 Å². The van der Waals surface area contributed by atoms with E-state index < -0.39 is 11.9 Å². The van der Waals surface area contributed by atoms with Crippen molar-refractivity contribution in [1.82, 2.24) is 0 Å². The summed E-state index contributed by atoms with van der Waals surface area (Å²) >= 11 is 1.68. The van der Waals surface area contributed by atoms with Gasteiger partial charge in [0.15, 0.2) is 0 Å². The number of carboxylic acids is 2. The summed E-state index contributed by atoms with van der Waals surface area (Å²) in [5.74, 6) is 1.33. The standard InChI is InChI=1S/C35H44O7S/c36-34(37)14-8-19-41-33-13-7-12-27(32(33)15-16-35(38)39)11-3-1-2-6-18-40-30-21-29(28-17-20-43-25-28)22-31(23-30)42-24-26-9-4-5-10-26/h7,12-13,17,20-23,25-26H,1-6,8-11,14-16,18-19,24H2,(H,36,37)(H,38,39). The normalized spacial score (nSPS) is 13.2. The minimum Gasteiger partial charge on any atom is -0.493 e. The topological polar surface area (TPSA) is 102 Å². The first-order chi connectivity index (χ1) is 21.0. The smallest absolute Gasteiger partial charge is 0.303 e. The van der Waals surface area contributed by atoms with Gasteiger partial charge in [-0.25, -0.2) is 0 Å². The third-order valence-electron chi connectivity index (χ3n) is 7.92. The van der Waals surface area contributed by atoms with E-state index in [1.807, 2.05) is 24.3 Å². The van der Waals surface area contributed by atoms with Crippen LogP contribution in [0.4, 0.5) is 0 Å². The fraction of sp³-hybridized carbons (Fsp3) is 0.486. The predicted octanol–water partition coefficient (Wildman–Crippen LogP) is 8.43. The highest BCUT2D eigenvalue weighted by Crippen LogP contribution is 2.33. The van der Waals surface area contributed by atoms with E-state index in [2.05, 4.69) is 29.0 Å². The van der Waals surface area contributed by atoms with Crippen LogP contribution in [0.3, 0.4) is 0 Å². The highest BCUT2D eigenvalue weighted by atomic mass is 32.1. The fourth-order valence-electron chi connectivity index (χ4n) is 5.59. The van der Waals surface area contributed by atoms with Crippen molar-refractivity contribution in [1.29, 1.82) is 0 Å². The lowest BCUT2D eigenvalue weighted by Crippen LogP contribution is -2.08. The van der Waals surface area contributed by atoms with Gasteiger partial charge in [0.05, 0.1) is 19.8 Å². The molecule has 2 aromatic carbocycles. The molecule has 0 unspecified atom stereocenters. The van der Waals surface area contributed by atoms with Gasteiger partial charge in [0.25, 0.3) is 0 Å². The lowest BCUT2D eigenvalue weighted by Gasteiger charge is -2.15. The Labute approximate surface area is 258 Å². The molecule has 1 aliphatic carbocycles. The zero-order chi connectivity index (χ0) is 30.3. The van der Waals surface area contributed by atoms with E-state index in [1.54, 1.807) is 11.3 Å². The minimum absolute atomic E-state index is 0.0286. The van der Waals surface area contributed by atoms with Gasteiger partial charge in [0.2, 0.25) is 0 Å². The van der Waals surface area contributed by atoms with E-state index in [0.29, 0.717) is 37.7 Å². The molecule has 3 aromatic rings. The molecule has 1 aliphatic rings. The predicted molar refractivity (Wildman–Crippen MR) is 170 cm³/mol. The van der Waals surface area contributed by atoms with Gasteiger partial charge in [0, 0.05) is 18.9 Å². The first kappa shape index (κ1) is 32.4. The van der Waals surface area contributed by atoms with Gasteiger partial charge in [-0.3, -0.25) is 9.59 Å². The van der Waals surface area contributed by atoms with Crippen molar-refractivity contribution in [3.63, 3.8) is 0 Å². The van der Waals surface area contributed by atoms with E-state index >= 15 is 0 Å². The molecule has 0 radical (unpaired) electrons. The summed E-state index contributed by atoms with van der Waals surface area (Å²) in [5.41, 5.74) is 4.31. The molecular formula is C35H44O7S. The lowest BCUT2D eigenvalue weighted by molar-refractivity contribution is -0.138. The number of hydrogen-bond donors (Lipinski definition) is 2. The van der Waals surface area contributed by atoms with Crippen LogP contribution in [-0.2, 0) is 22.4 Å². The van der Waals surface area contributed by atoms with Crippen LogP contribution in [0, 0.1) is 5.92 Å². The molecule has 0 atom stereocenters. The Morgan fingerprint density at radius 3 is 2.26 bits per heavy atom. The van der Waals surface area contributed by atoms with Crippen LogP contribution in [0.5, 0.6) is 17.2 Å². The summed E-state index contributed by atoms with van der Waals surface area (Å²) in [7, 11) is 0. The molecule has 7 nitrogen and oxygen atoms in total. The number of aryl methyl sites for hydroxylation is 1. The van der Waals surface area contributed by atoms with Gasteiger partial charge >= 0.3 is 11.9 Å². The van der Waals surface area contributed by atoms with Crippen LogP contribution >= 0.6 is 11.3 Å². The van der Waals surface area contributed by atoms with Crippen molar-refractivity contribution in [2.24, 2.45) is 5.92 Å². The Bertz CT molecular complexity index is 1280. The Morgan fingerprint density at radius 2 is 1.51 bits per heavy atom. The molecule has 8 heteroatoms. The fourth-order valence-corrected chi connectivity index (χ4v) is 6.25. The second-order valence-corrected chi connectivity index (χ2v) is 12.1. The van der Waals surface area contributed by atoms with Gasteiger partial charge in [-0.1, -0.05) is 37.8 Å². The molecule has 0 bridgehead atoms. The van der Waals surface area contributed by atoms with E-state index in [4.69, 9.17) is 19.3 Å². The van der Waals surface area contributed by atoms with Gasteiger partial charge in [-0.05, 0) is 108 Å². The number of rotatable bonds is 20. The quantitative estimate of drug-likeness (QED) is 0.124. The molecule has 1 aromatic heterocycles. The summed E-state index contributed by atoms with van der Waals surface area (Å²) in [6.45, 7) is 1.70. The highest BCUT2D eigenvalue weighted by Gasteiger charge is 2.16. The summed E-state index contributed by atoms with van der Waals surface area (Å²) < 4.78 is 18.3. The zero-order valence-corrected chi connectivity index (χ0v) is 25.7. The number of aliphatic carboxylic acids is 2. The molecule has 0 aliphatic heterocycles. The van der Waals surface area contributed by atoms with Crippen LogP contribution in [0.15, 0.2) is 53.2 Å². The Hall–Kier alpha value is -3.52. The molecule has 4 rings (SSSR count). The van der Waals surface area contributed by atoms with Crippen molar-refractivity contribution in [3.05, 3.63) is 64.4 Å². The van der Waals surface area contributed by atoms with E-state index in [1.165, 1.54) is 31.2 Å². The number of carboxylic acid groups (broad SMARTS) is 2. The highest BCUT2D eigenvalue weighted by molar-refractivity contribution is 7.08. The molecule has 1 saturated carbocycles.